The Morgan fingerprint density at radius 3 is 2.43 bits per heavy atom. The monoisotopic (exact) mass is 188 g/mol. The maximum atomic E-state index is 12.6. The van der Waals surface area contributed by atoms with Crippen LogP contribution in [-0.2, 0) is 0 Å². The molecule has 2 rings (SSSR count). The summed E-state index contributed by atoms with van der Waals surface area (Å²) in [5, 5.41) is 3.05. The number of halogens is 1. The van der Waals surface area contributed by atoms with Crippen LogP contribution in [-0.4, -0.2) is 4.98 Å². The Labute approximate surface area is 81.4 Å². The summed E-state index contributed by atoms with van der Waals surface area (Å²) in [7, 11) is 0. The quantitative estimate of drug-likeness (QED) is 0.783. The van der Waals surface area contributed by atoms with Gasteiger partial charge in [0, 0.05) is 11.9 Å². The van der Waals surface area contributed by atoms with Gasteiger partial charge in [-0.05, 0) is 36.4 Å². The summed E-state index contributed by atoms with van der Waals surface area (Å²) in [5.41, 5.74) is 0.824. The lowest BCUT2D eigenvalue weighted by molar-refractivity contribution is 0.628. The first-order valence-electron chi connectivity index (χ1n) is 4.28. The van der Waals surface area contributed by atoms with E-state index in [0.717, 1.165) is 11.5 Å². The number of pyridine rings is 1. The van der Waals surface area contributed by atoms with Crippen LogP contribution in [0.5, 0.6) is 0 Å². The van der Waals surface area contributed by atoms with Crippen LogP contribution < -0.4 is 5.32 Å². The maximum absolute atomic E-state index is 12.6. The molecule has 0 unspecified atom stereocenters. The van der Waals surface area contributed by atoms with Gasteiger partial charge in [-0.1, -0.05) is 6.07 Å². The van der Waals surface area contributed by atoms with Crippen molar-refractivity contribution in [1.29, 1.82) is 0 Å². The molecule has 0 saturated carbocycles. The van der Waals surface area contributed by atoms with E-state index in [2.05, 4.69) is 10.3 Å². The first kappa shape index (κ1) is 8.69. The van der Waals surface area contributed by atoms with Gasteiger partial charge in [-0.2, -0.15) is 0 Å². The van der Waals surface area contributed by atoms with E-state index in [9.17, 15) is 4.39 Å². The Morgan fingerprint density at radius 2 is 1.79 bits per heavy atom. The fourth-order valence-electron chi connectivity index (χ4n) is 1.12. The van der Waals surface area contributed by atoms with Crippen LogP contribution in [0, 0.1) is 5.82 Å². The van der Waals surface area contributed by atoms with Gasteiger partial charge in [0.05, 0.1) is 0 Å². The van der Waals surface area contributed by atoms with E-state index in [4.69, 9.17) is 0 Å². The standard InChI is InChI=1S/C11H9FN2/c12-9-4-6-10(7-5-9)14-11-3-1-2-8-13-11/h1-8H,(H,13,14). The zero-order chi connectivity index (χ0) is 9.80. The van der Waals surface area contributed by atoms with Crippen molar-refractivity contribution in [2.75, 3.05) is 5.32 Å². The highest BCUT2D eigenvalue weighted by Gasteiger charge is 1.94. The number of hydrogen-bond donors (Lipinski definition) is 1. The molecular weight excluding hydrogens is 179 g/mol. The highest BCUT2D eigenvalue weighted by Crippen LogP contribution is 2.13. The van der Waals surface area contributed by atoms with Gasteiger partial charge in [0.2, 0.25) is 0 Å². The van der Waals surface area contributed by atoms with Crippen molar-refractivity contribution in [1.82, 2.24) is 4.98 Å². The number of anilines is 2. The predicted octanol–water partition coefficient (Wildman–Crippen LogP) is 2.96. The third kappa shape index (κ3) is 2.07. The fraction of sp³-hybridized carbons (Fsp3) is 0. The largest absolute Gasteiger partial charge is 0.340 e. The summed E-state index contributed by atoms with van der Waals surface area (Å²) in [4.78, 5) is 4.09. The normalized spacial score (nSPS) is 9.79. The van der Waals surface area contributed by atoms with Crippen molar-refractivity contribution >= 4 is 11.5 Å². The molecule has 1 heterocycles. The van der Waals surface area contributed by atoms with Crippen LogP contribution in [0.2, 0.25) is 0 Å². The first-order valence-corrected chi connectivity index (χ1v) is 4.28. The van der Waals surface area contributed by atoms with Crippen LogP contribution in [0.1, 0.15) is 0 Å². The maximum Gasteiger partial charge on any atom is 0.130 e. The van der Waals surface area contributed by atoms with E-state index in [1.54, 1.807) is 18.3 Å². The molecule has 1 N–H and O–H groups in total. The van der Waals surface area contributed by atoms with Gasteiger partial charge >= 0.3 is 0 Å². The summed E-state index contributed by atoms with van der Waals surface area (Å²) < 4.78 is 12.6. The molecule has 0 aliphatic heterocycles. The zero-order valence-electron chi connectivity index (χ0n) is 7.44. The van der Waals surface area contributed by atoms with Crippen molar-refractivity contribution in [3.8, 4) is 0 Å². The van der Waals surface area contributed by atoms with E-state index in [1.807, 2.05) is 18.2 Å². The summed E-state index contributed by atoms with van der Waals surface area (Å²) in [6, 6.07) is 11.7. The molecule has 0 bridgehead atoms. The third-order valence-electron chi connectivity index (χ3n) is 1.78. The Hall–Kier alpha value is -1.90. The van der Waals surface area contributed by atoms with E-state index in [1.165, 1.54) is 12.1 Å². The van der Waals surface area contributed by atoms with E-state index in [0.29, 0.717) is 0 Å². The molecule has 0 amide bonds. The molecule has 0 saturated heterocycles. The highest BCUT2D eigenvalue weighted by molar-refractivity contribution is 5.55. The number of nitrogens with zero attached hydrogens (tertiary/aromatic N) is 1. The van der Waals surface area contributed by atoms with Crippen LogP contribution in [0.3, 0.4) is 0 Å². The van der Waals surface area contributed by atoms with Gasteiger partial charge in [0.25, 0.3) is 0 Å². The Balaban J connectivity index is 2.16. The first-order chi connectivity index (χ1) is 6.84. The number of aromatic nitrogens is 1. The van der Waals surface area contributed by atoms with E-state index < -0.39 is 0 Å². The van der Waals surface area contributed by atoms with E-state index in [-0.39, 0.29) is 5.82 Å². The molecule has 2 nitrogen and oxygen atoms in total. The van der Waals surface area contributed by atoms with Gasteiger partial charge in [-0.15, -0.1) is 0 Å². The van der Waals surface area contributed by atoms with Crippen molar-refractivity contribution in [2.45, 2.75) is 0 Å². The lowest BCUT2D eigenvalue weighted by Crippen LogP contribution is -1.91. The van der Waals surface area contributed by atoms with Crippen molar-refractivity contribution in [3.05, 3.63) is 54.5 Å². The molecule has 0 atom stereocenters. The van der Waals surface area contributed by atoms with Crippen LogP contribution in [0.25, 0.3) is 0 Å². The zero-order valence-corrected chi connectivity index (χ0v) is 7.44. The lowest BCUT2D eigenvalue weighted by atomic mass is 10.3. The molecule has 1 aromatic carbocycles. The average molecular weight is 188 g/mol. The van der Waals surface area contributed by atoms with Crippen LogP contribution >= 0.6 is 0 Å². The van der Waals surface area contributed by atoms with Gasteiger partial charge in [0.15, 0.2) is 0 Å². The highest BCUT2D eigenvalue weighted by atomic mass is 19.1. The van der Waals surface area contributed by atoms with Crippen LogP contribution in [0.15, 0.2) is 48.7 Å². The molecule has 0 spiro atoms. The lowest BCUT2D eigenvalue weighted by Gasteiger charge is -2.03. The summed E-state index contributed by atoms with van der Waals surface area (Å²) in [5.74, 6) is 0.510. The molecule has 70 valence electrons. The Morgan fingerprint density at radius 1 is 1.00 bits per heavy atom. The third-order valence-corrected chi connectivity index (χ3v) is 1.78. The van der Waals surface area contributed by atoms with Crippen molar-refractivity contribution in [3.63, 3.8) is 0 Å². The average Bonchev–Trinajstić information content (AvgIpc) is 2.23. The van der Waals surface area contributed by atoms with Gasteiger partial charge in [0.1, 0.15) is 11.6 Å². The summed E-state index contributed by atoms with van der Waals surface area (Å²) in [6.45, 7) is 0. The molecule has 0 radical (unpaired) electrons. The second-order valence-electron chi connectivity index (χ2n) is 2.85. The van der Waals surface area contributed by atoms with Crippen molar-refractivity contribution < 1.29 is 4.39 Å². The van der Waals surface area contributed by atoms with Gasteiger partial charge in [-0.25, -0.2) is 9.37 Å². The minimum absolute atomic E-state index is 0.239. The van der Waals surface area contributed by atoms with Gasteiger partial charge in [-0.3, -0.25) is 0 Å². The molecule has 3 heteroatoms. The predicted molar refractivity (Wildman–Crippen MR) is 53.9 cm³/mol. The Kier molecular flexibility index (Phi) is 2.40. The summed E-state index contributed by atoms with van der Waals surface area (Å²) in [6.07, 6.45) is 1.70. The SMILES string of the molecule is Fc1ccc(Nc2ccccn2)cc1. The molecule has 2 aromatic rings. The smallest absolute Gasteiger partial charge is 0.130 e. The van der Waals surface area contributed by atoms with E-state index >= 15 is 0 Å². The number of hydrogen-bond acceptors (Lipinski definition) is 2. The molecule has 1 aromatic heterocycles. The minimum atomic E-state index is -0.239. The fourth-order valence-corrected chi connectivity index (χ4v) is 1.12. The Bertz CT molecular complexity index is 397. The number of rotatable bonds is 2. The number of benzene rings is 1. The number of nitrogens with one attached hydrogen (secondary N) is 1. The van der Waals surface area contributed by atoms with Gasteiger partial charge < -0.3 is 5.32 Å². The minimum Gasteiger partial charge on any atom is -0.340 e. The molecular formula is C11H9FN2. The second-order valence-corrected chi connectivity index (χ2v) is 2.85. The second kappa shape index (κ2) is 3.87. The topological polar surface area (TPSA) is 24.9 Å². The molecule has 0 aliphatic carbocycles. The van der Waals surface area contributed by atoms with Crippen LogP contribution in [0.4, 0.5) is 15.9 Å². The molecule has 14 heavy (non-hydrogen) atoms. The summed E-state index contributed by atoms with van der Waals surface area (Å²) >= 11 is 0. The molecule has 0 aliphatic rings. The van der Waals surface area contributed by atoms with Crippen molar-refractivity contribution in [2.24, 2.45) is 0 Å². The molecule has 0 fully saturated rings.